The Morgan fingerprint density at radius 2 is 1.62 bits per heavy atom. The van der Waals surface area contributed by atoms with E-state index in [1.54, 1.807) is 77.6 Å². The van der Waals surface area contributed by atoms with Gasteiger partial charge in [0.25, 0.3) is 11.5 Å². The van der Waals surface area contributed by atoms with Crippen LogP contribution in [0.25, 0.3) is 16.5 Å². The van der Waals surface area contributed by atoms with Gasteiger partial charge in [-0.05, 0) is 35.9 Å². The first kappa shape index (κ1) is 21.3. The first-order valence-corrected chi connectivity index (χ1v) is 10.6. The molecule has 1 unspecified atom stereocenters. The maximum atomic E-state index is 13.6. The van der Waals surface area contributed by atoms with Crippen LogP contribution in [0.15, 0.2) is 96.1 Å². The normalized spacial score (nSPS) is 11.9. The molecule has 0 fully saturated rings. The van der Waals surface area contributed by atoms with Gasteiger partial charge < -0.3 is 9.88 Å². The van der Waals surface area contributed by atoms with Crippen LogP contribution >= 0.6 is 0 Å². The summed E-state index contributed by atoms with van der Waals surface area (Å²) in [4.78, 5) is 31.1. The molecule has 8 heteroatoms. The average molecular weight is 453 g/mol. The summed E-state index contributed by atoms with van der Waals surface area (Å²) in [7, 11) is 1.81. The van der Waals surface area contributed by atoms with Crippen molar-refractivity contribution in [3.63, 3.8) is 0 Å². The summed E-state index contributed by atoms with van der Waals surface area (Å²) in [5.74, 6) is -0.296. The van der Waals surface area contributed by atoms with Crippen molar-refractivity contribution in [2.45, 2.75) is 6.04 Å². The van der Waals surface area contributed by atoms with Gasteiger partial charge in [0.05, 0.1) is 11.1 Å². The molecule has 0 spiro atoms. The Morgan fingerprint density at radius 3 is 2.29 bits per heavy atom. The van der Waals surface area contributed by atoms with Gasteiger partial charge in [0.15, 0.2) is 5.69 Å². The van der Waals surface area contributed by atoms with E-state index in [4.69, 9.17) is 0 Å². The van der Waals surface area contributed by atoms with Crippen molar-refractivity contribution in [1.29, 1.82) is 0 Å². The predicted octanol–water partition coefficient (Wildman–Crippen LogP) is 3.78. The Kier molecular flexibility index (Phi) is 5.47. The van der Waals surface area contributed by atoms with Crippen LogP contribution < -0.4 is 10.9 Å². The van der Waals surface area contributed by atoms with E-state index in [2.05, 4.69) is 15.4 Å². The van der Waals surface area contributed by atoms with Crippen LogP contribution in [-0.2, 0) is 7.05 Å². The van der Waals surface area contributed by atoms with Crippen LogP contribution in [0.4, 0.5) is 4.39 Å². The van der Waals surface area contributed by atoms with E-state index in [9.17, 15) is 14.0 Å². The number of carbonyl (C=O) groups is 1. The van der Waals surface area contributed by atoms with Crippen LogP contribution in [0.2, 0.25) is 0 Å². The number of aryl methyl sites for hydroxylation is 1. The Morgan fingerprint density at radius 1 is 0.941 bits per heavy atom. The fraction of sp³-hybridized carbons (Fsp3) is 0.0769. The Hall–Kier alpha value is -4.59. The molecule has 1 amide bonds. The third-order valence-electron chi connectivity index (χ3n) is 5.62. The third-order valence-corrected chi connectivity index (χ3v) is 5.62. The van der Waals surface area contributed by atoms with E-state index in [0.29, 0.717) is 27.8 Å². The zero-order chi connectivity index (χ0) is 23.7. The monoisotopic (exact) mass is 453 g/mol. The fourth-order valence-corrected chi connectivity index (χ4v) is 3.91. The minimum Gasteiger partial charge on any atom is -0.337 e. The molecule has 0 aliphatic heterocycles. The lowest BCUT2D eigenvalue weighted by atomic mass is 10.0. The van der Waals surface area contributed by atoms with Crippen molar-refractivity contribution in [3.8, 4) is 5.69 Å². The number of carbonyl (C=O) groups excluding carboxylic acids is 1. The van der Waals surface area contributed by atoms with E-state index in [-0.39, 0.29) is 17.1 Å². The number of aromatic nitrogens is 4. The smallest absolute Gasteiger partial charge is 0.279 e. The van der Waals surface area contributed by atoms with Crippen LogP contribution in [0.3, 0.4) is 0 Å². The average Bonchev–Trinajstić information content (AvgIpc) is 3.29. The SMILES string of the molecule is Cn1ccnc1C(NC(=O)c1nn(-c2ccccc2)c(=O)c2ccccc12)c1ccc(F)cc1. The highest BCUT2D eigenvalue weighted by Crippen LogP contribution is 2.23. The van der Waals surface area contributed by atoms with Crippen LogP contribution in [0.1, 0.15) is 27.9 Å². The molecule has 0 bridgehead atoms. The van der Waals surface area contributed by atoms with Crippen molar-refractivity contribution >= 4 is 16.7 Å². The zero-order valence-electron chi connectivity index (χ0n) is 18.2. The molecule has 2 aromatic heterocycles. The summed E-state index contributed by atoms with van der Waals surface area (Å²) in [5, 5.41) is 8.24. The summed E-state index contributed by atoms with van der Waals surface area (Å²) in [6.07, 6.45) is 3.39. The van der Waals surface area contributed by atoms with Crippen LogP contribution in [0, 0.1) is 5.82 Å². The number of imidazole rings is 1. The Bertz CT molecular complexity index is 1540. The molecule has 0 aliphatic carbocycles. The van der Waals surface area contributed by atoms with E-state index in [1.807, 2.05) is 13.1 Å². The molecule has 34 heavy (non-hydrogen) atoms. The van der Waals surface area contributed by atoms with Crippen LogP contribution in [0.5, 0.6) is 0 Å². The van der Waals surface area contributed by atoms with E-state index in [1.165, 1.54) is 16.8 Å². The molecule has 7 nitrogen and oxygen atoms in total. The van der Waals surface area contributed by atoms with Gasteiger partial charge in [0.2, 0.25) is 0 Å². The number of hydrogen-bond donors (Lipinski definition) is 1. The number of amides is 1. The van der Waals surface area contributed by atoms with Gasteiger partial charge in [-0.2, -0.15) is 9.78 Å². The number of rotatable bonds is 5. The second-order valence-electron chi connectivity index (χ2n) is 7.80. The summed E-state index contributed by atoms with van der Waals surface area (Å²) >= 11 is 0. The van der Waals surface area contributed by atoms with E-state index < -0.39 is 11.9 Å². The van der Waals surface area contributed by atoms with E-state index in [0.717, 1.165) is 0 Å². The number of para-hydroxylation sites is 1. The van der Waals surface area contributed by atoms with Crippen molar-refractivity contribution in [2.75, 3.05) is 0 Å². The molecule has 0 radical (unpaired) electrons. The zero-order valence-corrected chi connectivity index (χ0v) is 18.2. The lowest BCUT2D eigenvalue weighted by Gasteiger charge is -2.20. The molecule has 1 atom stereocenters. The first-order valence-electron chi connectivity index (χ1n) is 10.6. The first-order chi connectivity index (χ1) is 16.5. The molecular weight excluding hydrogens is 433 g/mol. The highest BCUT2D eigenvalue weighted by atomic mass is 19.1. The second-order valence-corrected chi connectivity index (χ2v) is 7.80. The summed E-state index contributed by atoms with van der Waals surface area (Å²) in [6.45, 7) is 0. The quantitative estimate of drug-likeness (QED) is 0.439. The molecule has 0 saturated heterocycles. The number of nitrogens with zero attached hydrogens (tertiary/aromatic N) is 4. The predicted molar refractivity (Wildman–Crippen MR) is 126 cm³/mol. The number of nitrogens with one attached hydrogen (secondary N) is 1. The van der Waals surface area contributed by atoms with Gasteiger partial charge in [-0.25, -0.2) is 9.37 Å². The molecule has 3 aromatic carbocycles. The summed E-state index contributed by atoms with van der Waals surface area (Å²) in [5.41, 5.74) is 0.981. The van der Waals surface area contributed by atoms with Gasteiger partial charge in [-0.15, -0.1) is 0 Å². The molecule has 0 saturated carbocycles. The van der Waals surface area contributed by atoms with Crippen LogP contribution in [-0.4, -0.2) is 25.2 Å². The molecule has 5 rings (SSSR count). The minimum absolute atomic E-state index is 0.0976. The van der Waals surface area contributed by atoms with E-state index >= 15 is 0 Å². The van der Waals surface area contributed by atoms with Gasteiger partial charge in [-0.1, -0.05) is 48.5 Å². The minimum atomic E-state index is -0.661. The van der Waals surface area contributed by atoms with Gasteiger partial charge >= 0.3 is 0 Å². The standard InChI is InChI=1S/C26H20FN5O2/c1-31-16-15-28-24(31)22(17-11-13-18(27)14-12-17)29-25(33)23-20-9-5-6-10-21(20)26(34)32(30-23)19-7-3-2-4-8-19/h2-16,22H,1H3,(H,29,33). The largest absolute Gasteiger partial charge is 0.337 e. The highest BCUT2D eigenvalue weighted by Gasteiger charge is 2.24. The van der Waals surface area contributed by atoms with Crippen molar-refractivity contribution in [3.05, 3.63) is 125 Å². The van der Waals surface area contributed by atoms with Crippen molar-refractivity contribution in [2.24, 2.45) is 7.05 Å². The number of benzene rings is 3. The van der Waals surface area contributed by atoms with Gasteiger partial charge in [0, 0.05) is 24.8 Å². The maximum Gasteiger partial charge on any atom is 0.279 e. The molecule has 2 heterocycles. The number of fused-ring (bicyclic) bond motifs is 1. The number of halogens is 1. The maximum absolute atomic E-state index is 13.6. The number of hydrogen-bond acceptors (Lipinski definition) is 4. The summed E-state index contributed by atoms with van der Waals surface area (Å²) in [6, 6.07) is 21.0. The topological polar surface area (TPSA) is 81.8 Å². The lowest BCUT2D eigenvalue weighted by molar-refractivity contribution is 0.0936. The van der Waals surface area contributed by atoms with Gasteiger partial charge in [0.1, 0.15) is 17.7 Å². The summed E-state index contributed by atoms with van der Waals surface area (Å²) < 4.78 is 16.6. The van der Waals surface area contributed by atoms with Gasteiger partial charge in [-0.3, -0.25) is 9.59 Å². The third kappa shape index (κ3) is 3.86. The molecule has 5 aromatic rings. The Labute approximate surface area is 194 Å². The second kappa shape index (κ2) is 8.74. The Balaban J connectivity index is 1.63. The highest BCUT2D eigenvalue weighted by molar-refractivity contribution is 6.05. The molecular formula is C26H20FN5O2. The lowest BCUT2D eigenvalue weighted by Crippen LogP contribution is -2.34. The van der Waals surface area contributed by atoms with Crippen molar-refractivity contribution in [1.82, 2.24) is 24.6 Å². The molecule has 0 aliphatic rings. The molecule has 168 valence electrons. The molecule has 1 N–H and O–H groups in total. The fourth-order valence-electron chi connectivity index (χ4n) is 3.91. The van der Waals surface area contributed by atoms with Crippen molar-refractivity contribution < 1.29 is 9.18 Å².